The van der Waals surface area contributed by atoms with Crippen LogP contribution in [0.1, 0.15) is 31.9 Å². The SMILES string of the molecule is CC(C)(C)NCc1ccc(S(=O)(=O)NCc2cccc(OC(F)(F)F)c2)cc1. The Morgan fingerprint density at radius 3 is 2.14 bits per heavy atom. The van der Waals surface area contributed by atoms with Crippen LogP contribution in [0.5, 0.6) is 5.75 Å². The smallest absolute Gasteiger partial charge is 0.406 e. The molecule has 28 heavy (non-hydrogen) atoms. The van der Waals surface area contributed by atoms with Crippen LogP contribution < -0.4 is 14.8 Å². The normalized spacial score (nSPS) is 12.8. The molecule has 0 aliphatic carbocycles. The second kappa shape index (κ2) is 8.50. The van der Waals surface area contributed by atoms with Crippen LogP contribution in [-0.4, -0.2) is 20.3 Å². The third-order valence-electron chi connectivity index (χ3n) is 3.65. The van der Waals surface area contributed by atoms with Crippen LogP contribution in [0.25, 0.3) is 0 Å². The van der Waals surface area contributed by atoms with Gasteiger partial charge in [-0.1, -0.05) is 24.3 Å². The van der Waals surface area contributed by atoms with Gasteiger partial charge in [-0.3, -0.25) is 0 Å². The summed E-state index contributed by atoms with van der Waals surface area (Å²) in [5.74, 6) is -0.403. The maximum atomic E-state index is 12.4. The number of sulfonamides is 1. The molecule has 0 bridgehead atoms. The fraction of sp³-hybridized carbons (Fsp3) is 0.368. The maximum Gasteiger partial charge on any atom is 0.573 e. The van der Waals surface area contributed by atoms with Crippen molar-refractivity contribution >= 4 is 10.0 Å². The van der Waals surface area contributed by atoms with Gasteiger partial charge in [0.05, 0.1) is 4.90 Å². The second-order valence-electron chi connectivity index (χ2n) is 7.27. The van der Waals surface area contributed by atoms with Crippen LogP contribution in [0.4, 0.5) is 13.2 Å². The number of hydrogen-bond acceptors (Lipinski definition) is 4. The second-order valence-corrected chi connectivity index (χ2v) is 9.03. The van der Waals surface area contributed by atoms with Crippen molar-refractivity contribution in [3.8, 4) is 5.75 Å². The molecule has 0 aromatic heterocycles. The van der Waals surface area contributed by atoms with E-state index in [0.717, 1.165) is 17.7 Å². The summed E-state index contributed by atoms with van der Waals surface area (Å²) in [6.45, 7) is 6.54. The van der Waals surface area contributed by atoms with Crippen molar-refractivity contribution in [2.24, 2.45) is 0 Å². The number of alkyl halides is 3. The molecule has 2 rings (SSSR count). The van der Waals surface area contributed by atoms with Crippen LogP contribution >= 0.6 is 0 Å². The number of benzene rings is 2. The Kier molecular flexibility index (Phi) is 6.74. The Morgan fingerprint density at radius 1 is 0.929 bits per heavy atom. The number of hydrogen-bond donors (Lipinski definition) is 2. The predicted octanol–water partition coefficient (Wildman–Crippen LogP) is 3.95. The Morgan fingerprint density at radius 2 is 1.57 bits per heavy atom. The molecule has 0 unspecified atom stereocenters. The van der Waals surface area contributed by atoms with Gasteiger partial charge in [-0.15, -0.1) is 13.2 Å². The minimum absolute atomic E-state index is 0.0589. The lowest BCUT2D eigenvalue weighted by Gasteiger charge is -2.20. The van der Waals surface area contributed by atoms with E-state index in [1.54, 1.807) is 12.1 Å². The molecular formula is C19H23F3N2O3S. The number of ether oxygens (including phenoxy) is 1. The van der Waals surface area contributed by atoms with Crippen molar-refractivity contribution in [2.45, 2.75) is 50.7 Å². The summed E-state index contributed by atoms with van der Waals surface area (Å²) in [4.78, 5) is 0.0784. The zero-order valence-electron chi connectivity index (χ0n) is 15.8. The molecule has 0 saturated heterocycles. The van der Waals surface area contributed by atoms with Crippen molar-refractivity contribution < 1.29 is 26.3 Å². The van der Waals surface area contributed by atoms with E-state index in [4.69, 9.17) is 0 Å². The molecule has 0 aliphatic rings. The molecule has 5 nitrogen and oxygen atoms in total. The molecular weight excluding hydrogens is 393 g/mol. The number of rotatable bonds is 7. The standard InChI is InChI=1S/C19H23F3N2O3S/c1-18(2,3)23-12-14-7-9-17(10-8-14)28(25,26)24-13-15-5-4-6-16(11-15)27-19(20,21)22/h4-11,23-24H,12-13H2,1-3H3. The highest BCUT2D eigenvalue weighted by Gasteiger charge is 2.31. The summed E-state index contributed by atoms with van der Waals surface area (Å²) in [6, 6.07) is 11.6. The molecule has 0 radical (unpaired) electrons. The fourth-order valence-corrected chi connectivity index (χ4v) is 3.29. The summed E-state index contributed by atoms with van der Waals surface area (Å²) < 4.78 is 67.9. The zero-order valence-corrected chi connectivity index (χ0v) is 16.6. The molecule has 2 aromatic carbocycles. The van der Waals surface area contributed by atoms with E-state index in [1.165, 1.54) is 24.3 Å². The van der Waals surface area contributed by atoms with Gasteiger partial charge in [0.25, 0.3) is 0 Å². The van der Waals surface area contributed by atoms with Gasteiger partial charge in [-0.25, -0.2) is 13.1 Å². The van der Waals surface area contributed by atoms with Gasteiger partial charge in [0.1, 0.15) is 5.75 Å². The quantitative estimate of drug-likeness (QED) is 0.717. The van der Waals surface area contributed by atoms with Crippen molar-refractivity contribution in [1.82, 2.24) is 10.0 Å². The van der Waals surface area contributed by atoms with E-state index in [0.29, 0.717) is 12.1 Å². The molecule has 0 amide bonds. The molecule has 0 heterocycles. The molecule has 2 aromatic rings. The first kappa shape index (κ1) is 22.2. The highest BCUT2D eigenvalue weighted by molar-refractivity contribution is 7.89. The van der Waals surface area contributed by atoms with Gasteiger partial charge < -0.3 is 10.1 Å². The Bertz CT molecular complexity index is 890. The van der Waals surface area contributed by atoms with Crippen molar-refractivity contribution in [3.05, 3.63) is 59.7 Å². The van der Waals surface area contributed by atoms with E-state index in [2.05, 4.69) is 14.8 Å². The summed E-state index contributed by atoms with van der Waals surface area (Å²) in [5.41, 5.74) is 1.22. The Balaban J connectivity index is 2.01. The molecule has 0 aliphatic heterocycles. The van der Waals surface area contributed by atoms with Crippen LogP contribution in [0.3, 0.4) is 0 Å². The van der Waals surface area contributed by atoms with Crippen LogP contribution in [0.15, 0.2) is 53.4 Å². The van der Waals surface area contributed by atoms with E-state index >= 15 is 0 Å². The van der Waals surface area contributed by atoms with Gasteiger partial charge in [-0.05, 0) is 56.2 Å². The zero-order chi connectivity index (χ0) is 21.0. The third-order valence-corrected chi connectivity index (χ3v) is 5.07. The lowest BCUT2D eigenvalue weighted by Crippen LogP contribution is -2.35. The minimum Gasteiger partial charge on any atom is -0.406 e. The fourth-order valence-electron chi connectivity index (χ4n) is 2.27. The maximum absolute atomic E-state index is 12.4. The third kappa shape index (κ3) is 7.49. The first-order chi connectivity index (χ1) is 12.8. The lowest BCUT2D eigenvalue weighted by atomic mass is 10.1. The van der Waals surface area contributed by atoms with Gasteiger partial charge >= 0.3 is 6.36 Å². The predicted molar refractivity (Wildman–Crippen MR) is 100 cm³/mol. The molecule has 0 atom stereocenters. The largest absolute Gasteiger partial charge is 0.573 e. The van der Waals surface area contributed by atoms with E-state index in [1.807, 2.05) is 20.8 Å². The van der Waals surface area contributed by atoms with E-state index in [9.17, 15) is 21.6 Å². The Labute approximate surface area is 163 Å². The van der Waals surface area contributed by atoms with Crippen LogP contribution in [0, 0.1) is 0 Å². The van der Waals surface area contributed by atoms with Gasteiger partial charge in [0.2, 0.25) is 10.0 Å². The molecule has 154 valence electrons. The first-order valence-electron chi connectivity index (χ1n) is 8.52. The summed E-state index contributed by atoms with van der Waals surface area (Å²) in [5, 5.41) is 3.31. The van der Waals surface area contributed by atoms with Gasteiger partial charge in [0.15, 0.2) is 0 Å². The van der Waals surface area contributed by atoms with Crippen LogP contribution in [-0.2, 0) is 23.1 Å². The van der Waals surface area contributed by atoms with Gasteiger partial charge in [-0.2, -0.15) is 0 Å². The monoisotopic (exact) mass is 416 g/mol. The highest BCUT2D eigenvalue weighted by atomic mass is 32.2. The summed E-state index contributed by atoms with van der Waals surface area (Å²) >= 11 is 0. The topological polar surface area (TPSA) is 67.4 Å². The molecule has 2 N–H and O–H groups in total. The molecule has 0 saturated carbocycles. The number of halogens is 3. The highest BCUT2D eigenvalue weighted by Crippen LogP contribution is 2.23. The van der Waals surface area contributed by atoms with Crippen LogP contribution in [0.2, 0.25) is 0 Å². The van der Waals surface area contributed by atoms with Crippen molar-refractivity contribution in [2.75, 3.05) is 0 Å². The average Bonchev–Trinajstić information content (AvgIpc) is 2.57. The Hall–Kier alpha value is -2.10. The first-order valence-corrected chi connectivity index (χ1v) is 10.0. The average molecular weight is 416 g/mol. The minimum atomic E-state index is -4.80. The molecule has 9 heteroatoms. The van der Waals surface area contributed by atoms with E-state index in [-0.39, 0.29) is 17.0 Å². The number of nitrogens with one attached hydrogen (secondary N) is 2. The van der Waals surface area contributed by atoms with Gasteiger partial charge in [0, 0.05) is 18.6 Å². The lowest BCUT2D eigenvalue weighted by molar-refractivity contribution is -0.274. The molecule has 0 fully saturated rings. The summed E-state index contributed by atoms with van der Waals surface area (Å²) in [6.07, 6.45) is -4.80. The van der Waals surface area contributed by atoms with Crippen molar-refractivity contribution in [3.63, 3.8) is 0 Å². The van der Waals surface area contributed by atoms with E-state index < -0.39 is 22.1 Å². The van der Waals surface area contributed by atoms with Crippen molar-refractivity contribution in [1.29, 1.82) is 0 Å². The summed E-state index contributed by atoms with van der Waals surface area (Å²) in [7, 11) is -3.80. The molecule has 0 spiro atoms.